The zero-order chi connectivity index (χ0) is 8.57. The van der Waals surface area contributed by atoms with Gasteiger partial charge in [0.15, 0.2) is 0 Å². The minimum Gasteiger partial charge on any atom is -0.369 e. The predicted octanol–water partition coefficient (Wildman–Crippen LogP) is 2.01. The fraction of sp³-hybridized carbons (Fsp3) is 0.875. The third-order valence-electron chi connectivity index (χ3n) is 0.596. The van der Waals surface area contributed by atoms with Gasteiger partial charge in [0.05, 0.1) is 6.34 Å². The van der Waals surface area contributed by atoms with Crippen LogP contribution in [-0.2, 0) is 0 Å². The van der Waals surface area contributed by atoms with Gasteiger partial charge in [-0.1, -0.05) is 13.8 Å². The van der Waals surface area contributed by atoms with Gasteiger partial charge in [0, 0.05) is 20.1 Å². The summed E-state index contributed by atoms with van der Waals surface area (Å²) < 4.78 is 0. The highest BCUT2D eigenvalue weighted by atomic mass is 15.1. The molecule has 10 heavy (non-hydrogen) atoms. The van der Waals surface area contributed by atoms with Gasteiger partial charge < -0.3 is 4.90 Å². The summed E-state index contributed by atoms with van der Waals surface area (Å²) in [6.07, 6.45) is 1.82. The van der Waals surface area contributed by atoms with E-state index in [2.05, 4.69) is 18.8 Å². The molecule has 0 saturated heterocycles. The van der Waals surface area contributed by atoms with Gasteiger partial charge in [-0.25, -0.2) is 0 Å². The Balaban J connectivity index is 0. The van der Waals surface area contributed by atoms with Crippen LogP contribution in [0.1, 0.15) is 27.7 Å². The maximum Gasteiger partial charge on any atom is 0.0847 e. The van der Waals surface area contributed by atoms with E-state index in [-0.39, 0.29) is 0 Å². The number of nitrogens with zero attached hydrogens (tertiary/aromatic N) is 2. The molecule has 0 spiro atoms. The van der Waals surface area contributed by atoms with E-state index in [1.807, 2.05) is 39.2 Å². The van der Waals surface area contributed by atoms with Crippen molar-refractivity contribution < 1.29 is 0 Å². The largest absolute Gasteiger partial charge is 0.369 e. The Morgan fingerprint density at radius 3 is 1.70 bits per heavy atom. The molecule has 0 unspecified atom stereocenters. The molecule has 0 aliphatic rings. The minimum atomic E-state index is 0.414. The molecule has 62 valence electrons. The maximum atomic E-state index is 4.12. The zero-order valence-electron chi connectivity index (χ0n) is 8.05. The number of hydrogen-bond acceptors (Lipinski definition) is 1. The van der Waals surface area contributed by atoms with Crippen LogP contribution >= 0.6 is 0 Å². The van der Waals surface area contributed by atoms with E-state index >= 15 is 0 Å². The Hall–Kier alpha value is -0.530. The second-order valence-corrected chi connectivity index (χ2v) is 2.32. The third kappa shape index (κ3) is 15.6. The Bertz CT molecular complexity index is 65.3. The van der Waals surface area contributed by atoms with Crippen molar-refractivity contribution in [2.24, 2.45) is 4.99 Å². The maximum absolute atomic E-state index is 4.12. The summed E-state index contributed by atoms with van der Waals surface area (Å²) in [6, 6.07) is 0.414. The molecule has 0 amide bonds. The van der Waals surface area contributed by atoms with Crippen LogP contribution in [-0.4, -0.2) is 31.4 Å². The number of hydrogen-bond donors (Lipinski definition) is 0. The summed E-state index contributed by atoms with van der Waals surface area (Å²) in [5.41, 5.74) is 0. The monoisotopic (exact) mass is 144 g/mol. The molecular formula is C8H20N2. The lowest BCUT2D eigenvalue weighted by Crippen LogP contribution is -2.09. The second-order valence-electron chi connectivity index (χ2n) is 2.32. The molecule has 0 radical (unpaired) electrons. The molecule has 0 atom stereocenters. The van der Waals surface area contributed by atoms with Crippen molar-refractivity contribution in [1.82, 2.24) is 4.90 Å². The molecule has 0 aromatic carbocycles. The number of aliphatic imine (C=N–C) groups is 1. The van der Waals surface area contributed by atoms with Crippen molar-refractivity contribution in [3.8, 4) is 0 Å². The Morgan fingerprint density at radius 2 is 1.60 bits per heavy atom. The van der Waals surface area contributed by atoms with Crippen molar-refractivity contribution in [3.63, 3.8) is 0 Å². The molecule has 0 aliphatic carbocycles. The highest BCUT2D eigenvalue weighted by molar-refractivity contribution is 5.53. The molecule has 0 bridgehead atoms. The van der Waals surface area contributed by atoms with Gasteiger partial charge in [-0.3, -0.25) is 4.99 Å². The summed E-state index contributed by atoms with van der Waals surface area (Å²) in [5, 5.41) is 0. The van der Waals surface area contributed by atoms with Crippen LogP contribution < -0.4 is 0 Å². The molecule has 2 nitrogen and oxygen atoms in total. The summed E-state index contributed by atoms with van der Waals surface area (Å²) in [7, 11) is 3.93. The van der Waals surface area contributed by atoms with Crippen LogP contribution in [0.2, 0.25) is 0 Å². The van der Waals surface area contributed by atoms with Gasteiger partial charge in [-0.15, -0.1) is 0 Å². The van der Waals surface area contributed by atoms with Gasteiger partial charge in [0.2, 0.25) is 0 Å². The summed E-state index contributed by atoms with van der Waals surface area (Å²) in [5.74, 6) is 0. The van der Waals surface area contributed by atoms with Crippen LogP contribution in [0.15, 0.2) is 4.99 Å². The Kier molecular flexibility index (Phi) is 10.3. The van der Waals surface area contributed by atoms with Gasteiger partial charge in [0.1, 0.15) is 0 Å². The molecule has 0 heterocycles. The van der Waals surface area contributed by atoms with Crippen molar-refractivity contribution in [2.75, 3.05) is 14.1 Å². The molecule has 0 aromatic rings. The summed E-state index contributed by atoms with van der Waals surface area (Å²) in [6.45, 7) is 8.11. The lowest BCUT2D eigenvalue weighted by Gasteiger charge is -2.02. The van der Waals surface area contributed by atoms with Crippen molar-refractivity contribution in [2.45, 2.75) is 33.7 Å². The second kappa shape index (κ2) is 8.47. The highest BCUT2D eigenvalue weighted by Crippen LogP contribution is 1.82. The molecule has 0 fully saturated rings. The van der Waals surface area contributed by atoms with E-state index in [1.54, 1.807) is 0 Å². The van der Waals surface area contributed by atoms with Gasteiger partial charge in [-0.2, -0.15) is 0 Å². The van der Waals surface area contributed by atoms with Crippen LogP contribution in [0.3, 0.4) is 0 Å². The van der Waals surface area contributed by atoms with Gasteiger partial charge in [0.25, 0.3) is 0 Å². The Labute approximate surface area is 65.0 Å². The molecule has 0 N–H and O–H groups in total. The van der Waals surface area contributed by atoms with Gasteiger partial charge >= 0.3 is 0 Å². The average molecular weight is 144 g/mol. The summed E-state index contributed by atoms with van der Waals surface area (Å²) >= 11 is 0. The fourth-order valence-corrected chi connectivity index (χ4v) is 0.267. The molecule has 0 rings (SSSR count). The van der Waals surface area contributed by atoms with Crippen LogP contribution in [0, 0.1) is 0 Å². The van der Waals surface area contributed by atoms with Gasteiger partial charge in [-0.05, 0) is 13.8 Å². The van der Waals surface area contributed by atoms with E-state index < -0.39 is 0 Å². The van der Waals surface area contributed by atoms with E-state index in [9.17, 15) is 0 Å². The SMILES string of the molecule is CC.CC(C)N=CN(C)C. The quantitative estimate of drug-likeness (QED) is 0.427. The van der Waals surface area contributed by atoms with E-state index in [0.717, 1.165) is 0 Å². The van der Waals surface area contributed by atoms with E-state index in [4.69, 9.17) is 0 Å². The molecule has 0 aromatic heterocycles. The lowest BCUT2D eigenvalue weighted by molar-refractivity contribution is 0.632. The van der Waals surface area contributed by atoms with Crippen LogP contribution in [0.25, 0.3) is 0 Å². The van der Waals surface area contributed by atoms with E-state index in [1.165, 1.54) is 0 Å². The fourth-order valence-electron chi connectivity index (χ4n) is 0.267. The predicted molar refractivity (Wildman–Crippen MR) is 48.7 cm³/mol. The molecule has 2 heteroatoms. The normalized spacial score (nSPS) is 9.50. The van der Waals surface area contributed by atoms with E-state index in [0.29, 0.717) is 6.04 Å². The summed E-state index contributed by atoms with van der Waals surface area (Å²) in [4.78, 5) is 6.06. The number of rotatable bonds is 2. The first-order valence-corrected chi connectivity index (χ1v) is 3.82. The standard InChI is InChI=1S/C6H14N2.C2H6/c1-6(2)7-5-8(3)4;1-2/h5-6H,1-4H3;1-2H3. The molecular weight excluding hydrogens is 124 g/mol. The average Bonchev–Trinajstić information content (AvgIpc) is 1.89. The highest BCUT2D eigenvalue weighted by Gasteiger charge is 1.82. The molecule has 0 saturated carbocycles. The third-order valence-corrected chi connectivity index (χ3v) is 0.596. The first-order valence-electron chi connectivity index (χ1n) is 3.82. The topological polar surface area (TPSA) is 15.6 Å². The smallest absolute Gasteiger partial charge is 0.0847 e. The lowest BCUT2D eigenvalue weighted by atomic mass is 10.4. The van der Waals surface area contributed by atoms with Crippen LogP contribution in [0.4, 0.5) is 0 Å². The molecule has 0 aliphatic heterocycles. The van der Waals surface area contributed by atoms with Crippen molar-refractivity contribution in [3.05, 3.63) is 0 Å². The minimum absolute atomic E-state index is 0.414. The van der Waals surface area contributed by atoms with Crippen molar-refractivity contribution in [1.29, 1.82) is 0 Å². The first-order chi connectivity index (χ1) is 4.63. The Morgan fingerprint density at radius 1 is 1.20 bits per heavy atom. The van der Waals surface area contributed by atoms with Crippen molar-refractivity contribution >= 4 is 6.34 Å². The first kappa shape index (κ1) is 12.2. The van der Waals surface area contributed by atoms with Crippen LogP contribution in [0.5, 0.6) is 0 Å². The zero-order valence-corrected chi connectivity index (χ0v) is 8.05.